The van der Waals surface area contributed by atoms with Crippen molar-refractivity contribution in [3.63, 3.8) is 0 Å². The minimum absolute atomic E-state index is 0.142. The molecule has 5 rings (SSSR count). The standard InChI is InChI=1S/C22H23FN4O2/c23-16-7-9-17(10-8-16)25-12-14-26(15-13-25)21(28)19-5-3-11-27(19)22-24-18-4-1-2-6-20(18)29-22/h1-2,4,6-10,19H,3,5,11-15H2/t19-/m1/s1. The zero-order chi connectivity index (χ0) is 19.8. The van der Waals surface area contributed by atoms with Gasteiger partial charge in [0.2, 0.25) is 5.91 Å². The summed E-state index contributed by atoms with van der Waals surface area (Å²) in [6.07, 6.45) is 1.76. The van der Waals surface area contributed by atoms with E-state index in [1.807, 2.05) is 34.1 Å². The maximum absolute atomic E-state index is 13.2. The molecule has 1 atom stereocenters. The van der Waals surface area contributed by atoms with Crippen LogP contribution < -0.4 is 9.80 Å². The summed E-state index contributed by atoms with van der Waals surface area (Å²) in [6.45, 7) is 3.58. The Kier molecular flexibility index (Phi) is 4.58. The summed E-state index contributed by atoms with van der Waals surface area (Å²) in [5, 5.41) is 0. The first-order valence-electron chi connectivity index (χ1n) is 10.1. The van der Waals surface area contributed by atoms with Gasteiger partial charge in [-0.15, -0.1) is 0 Å². The van der Waals surface area contributed by atoms with Gasteiger partial charge in [0, 0.05) is 38.4 Å². The third kappa shape index (κ3) is 3.41. The Morgan fingerprint density at radius 1 is 1.00 bits per heavy atom. The van der Waals surface area contributed by atoms with Crippen LogP contribution in [0, 0.1) is 5.82 Å². The first-order valence-corrected chi connectivity index (χ1v) is 10.1. The van der Waals surface area contributed by atoms with E-state index < -0.39 is 0 Å². The predicted octanol–water partition coefficient (Wildman–Crippen LogP) is 3.28. The van der Waals surface area contributed by atoms with Gasteiger partial charge in [-0.25, -0.2) is 4.39 Å². The zero-order valence-corrected chi connectivity index (χ0v) is 16.1. The Hall–Kier alpha value is -3.09. The number of benzene rings is 2. The molecular formula is C22H23FN4O2. The van der Waals surface area contributed by atoms with E-state index in [4.69, 9.17) is 4.42 Å². The number of halogens is 1. The SMILES string of the molecule is O=C([C@H]1CCCN1c1nc2ccccc2o1)N1CCN(c2ccc(F)cc2)CC1. The number of amides is 1. The summed E-state index contributed by atoms with van der Waals surface area (Å²) in [7, 11) is 0. The van der Waals surface area contributed by atoms with E-state index in [1.165, 1.54) is 12.1 Å². The van der Waals surface area contributed by atoms with Gasteiger partial charge in [-0.05, 0) is 49.2 Å². The second-order valence-corrected chi connectivity index (χ2v) is 7.60. The summed E-state index contributed by atoms with van der Waals surface area (Å²) in [5.74, 6) is -0.0911. The number of oxazole rings is 1. The summed E-state index contributed by atoms with van der Waals surface area (Å²) in [6, 6.07) is 14.5. The third-order valence-corrected chi connectivity index (χ3v) is 5.85. The molecule has 29 heavy (non-hydrogen) atoms. The third-order valence-electron chi connectivity index (χ3n) is 5.85. The molecule has 2 aliphatic heterocycles. The highest BCUT2D eigenvalue weighted by atomic mass is 19.1. The Balaban J connectivity index is 1.27. The van der Waals surface area contributed by atoms with Crippen LogP contribution in [0.1, 0.15) is 12.8 Å². The van der Waals surface area contributed by atoms with Gasteiger partial charge >= 0.3 is 0 Å². The fourth-order valence-electron chi connectivity index (χ4n) is 4.28. The van der Waals surface area contributed by atoms with E-state index >= 15 is 0 Å². The molecule has 3 aromatic rings. The van der Waals surface area contributed by atoms with Crippen LogP contribution in [-0.2, 0) is 4.79 Å². The molecule has 0 bridgehead atoms. The van der Waals surface area contributed by atoms with Crippen molar-refractivity contribution in [1.82, 2.24) is 9.88 Å². The number of nitrogens with zero attached hydrogens (tertiary/aromatic N) is 4. The van der Waals surface area contributed by atoms with Crippen molar-refractivity contribution >= 4 is 28.7 Å². The number of carbonyl (C=O) groups is 1. The maximum atomic E-state index is 13.2. The Labute approximate surface area is 168 Å². The molecule has 7 heteroatoms. The largest absolute Gasteiger partial charge is 0.423 e. The van der Waals surface area contributed by atoms with Crippen molar-refractivity contribution in [2.75, 3.05) is 42.5 Å². The van der Waals surface area contributed by atoms with E-state index in [-0.39, 0.29) is 17.8 Å². The first-order chi connectivity index (χ1) is 14.2. The van der Waals surface area contributed by atoms with Gasteiger partial charge in [-0.3, -0.25) is 4.79 Å². The summed E-state index contributed by atoms with van der Waals surface area (Å²) in [5.41, 5.74) is 2.55. The predicted molar refractivity (Wildman–Crippen MR) is 110 cm³/mol. The van der Waals surface area contributed by atoms with Crippen molar-refractivity contribution in [2.24, 2.45) is 0 Å². The molecule has 2 saturated heterocycles. The highest BCUT2D eigenvalue weighted by Gasteiger charge is 2.37. The van der Waals surface area contributed by atoms with E-state index in [0.717, 1.165) is 49.3 Å². The Bertz CT molecular complexity index is 978. The highest BCUT2D eigenvalue weighted by Crippen LogP contribution is 2.29. The number of hydrogen-bond donors (Lipinski definition) is 0. The minimum Gasteiger partial charge on any atom is -0.423 e. The number of hydrogen-bond acceptors (Lipinski definition) is 5. The molecule has 6 nitrogen and oxygen atoms in total. The molecule has 2 aromatic carbocycles. The lowest BCUT2D eigenvalue weighted by Gasteiger charge is -2.38. The molecule has 1 aromatic heterocycles. The van der Waals surface area contributed by atoms with Gasteiger partial charge in [0.25, 0.3) is 6.01 Å². The molecule has 0 unspecified atom stereocenters. The van der Waals surface area contributed by atoms with Crippen molar-refractivity contribution in [2.45, 2.75) is 18.9 Å². The second-order valence-electron chi connectivity index (χ2n) is 7.60. The lowest BCUT2D eigenvalue weighted by Crippen LogP contribution is -2.54. The molecule has 0 saturated carbocycles. The number of fused-ring (bicyclic) bond motifs is 1. The maximum Gasteiger partial charge on any atom is 0.299 e. The van der Waals surface area contributed by atoms with Gasteiger partial charge in [0.1, 0.15) is 17.4 Å². The monoisotopic (exact) mass is 394 g/mol. The number of aromatic nitrogens is 1. The smallest absolute Gasteiger partial charge is 0.299 e. The lowest BCUT2D eigenvalue weighted by molar-refractivity contribution is -0.132. The van der Waals surface area contributed by atoms with E-state index in [2.05, 4.69) is 9.88 Å². The van der Waals surface area contributed by atoms with Crippen LogP contribution in [-0.4, -0.2) is 54.6 Å². The molecule has 0 spiro atoms. The molecule has 2 aliphatic rings. The molecular weight excluding hydrogens is 371 g/mol. The fourth-order valence-corrected chi connectivity index (χ4v) is 4.28. The summed E-state index contributed by atoms with van der Waals surface area (Å²) in [4.78, 5) is 24.0. The molecule has 0 N–H and O–H groups in total. The van der Waals surface area contributed by atoms with Crippen molar-refractivity contribution in [3.8, 4) is 0 Å². The minimum atomic E-state index is -0.233. The van der Waals surface area contributed by atoms with Crippen LogP contribution in [0.4, 0.5) is 16.1 Å². The average molecular weight is 394 g/mol. The lowest BCUT2D eigenvalue weighted by atomic mass is 10.1. The zero-order valence-electron chi connectivity index (χ0n) is 16.1. The van der Waals surface area contributed by atoms with Gasteiger partial charge in [-0.2, -0.15) is 4.98 Å². The van der Waals surface area contributed by atoms with Crippen molar-refractivity contribution in [1.29, 1.82) is 0 Å². The van der Waals surface area contributed by atoms with E-state index in [9.17, 15) is 9.18 Å². The van der Waals surface area contributed by atoms with Crippen LogP contribution in [0.2, 0.25) is 0 Å². The topological polar surface area (TPSA) is 52.8 Å². The molecule has 150 valence electrons. The van der Waals surface area contributed by atoms with Crippen LogP contribution in [0.3, 0.4) is 0 Å². The van der Waals surface area contributed by atoms with Crippen LogP contribution in [0.15, 0.2) is 52.9 Å². The van der Waals surface area contributed by atoms with Gasteiger partial charge < -0.3 is 19.1 Å². The van der Waals surface area contributed by atoms with E-state index in [0.29, 0.717) is 19.1 Å². The Morgan fingerprint density at radius 2 is 1.76 bits per heavy atom. The van der Waals surface area contributed by atoms with Crippen LogP contribution in [0.25, 0.3) is 11.1 Å². The van der Waals surface area contributed by atoms with Gasteiger partial charge in [-0.1, -0.05) is 12.1 Å². The average Bonchev–Trinajstić information content (AvgIpc) is 3.41. The second kappa shape index (κ2) is 7.39. The number of anilines is 2. The van der Waals surface area contributed by atoms with E-state index in [1.54, 1.807) is 12.1 Å². The Morgan fingerprint density at radius 3 is 2.52 bits per heavy atom. The van der Waals surface area contributed by atoms with Gasteiger partial charge in [0.15, 0.2) is 5.58 Å². The first kappa shape index (κ1) is 18.0. The van der Waals surface area contributed by atoms with Crippen molar-refractivity contribution < 1.29 is 13.6 Å². The number of para-hydroxylation sites is 2. The van der Waals surface area contributed by atoms with Crippen molar-refractivity contribution in [3.05, 3.63) is 54.3 Å². The summed E-state index contributed by atoms with van der Waals surface area (Å²) >= 11 is 0. The highest BCUT2D eigenvalue weighted by molar-refractivity contribution is 5.86. The number of piperazine rings is 1. The fraction of sp³-hybridized carbons (Fsp3) is 0.364. The normalized spacial score (nSPS) is 19.9. The molecule has 0 radical (unpaired) electrons. The number of carbonyl (C=O) groups excluding carboxylic acids is 1. The van der Waals surface area contributed by atoms with Crippen LogP contribution >= 0.6 is 0 Å². The summed E-state index contributed by atoms with van der Waals surface area (Å²) < 4.78 is 19.1. The van der Waals surface area contributed by atoms with Gasteiger partial charge in [0.05, 0.1) is 0 Å². The molecule has 0 aliphatic carbocycles. The number of rotatable bonds is 3. The van der Waals surface area contributed by atoms with Crippen LogP contribution in [0.5, 0.6) is 0 Å². The molecule has 3 heterocycles. The molecule has 2 fully saturated rings. The quantitative estimate of drug-likeness (QED) is 0.682. The molecule has 1 amide bonds.